The van der Waals surface area contributed by atoms with Crippen molar-refractivity contribution < 1.29 is 4.79 Å². The van der Waals surface area contributed by atoms with E-state index in [1.165, 1.54) is 17.7 Å². The van der Waals surface area contributed by atoms with Crippen LogP contribution in [0.5, 0.6) is 0 Å². The van der Waals surface area contributed by atoms with E-state index >= 15 is 0 Å². The van der Waals surface area contributed by atoms with E-state index in [1.807, 2.05) is 18.7 Å². The number of carbonyl (C=O) groups excluding carboxylic acids is 1. The zero-order valence-electron chi connectivity index (χ0n) is 11.2. The molecule has 1 aromatic rings. The van der Waals surface area contributed by atoms with Gasteiger partial charge >= 0.3 is 0 Å². The molecule has 0 bridgehead atoms. The van der Waals surface area contributed by atoms with Gasteiger partial charge < -0.3 is 10.2 Å². The minimum atomic E-state index is 0.210. The van der Waals surface area contributed by atoms with Gasteiger partial charge in [-0.25, -0.2) is 0 Å². The van der Waals surface area contributed by atoms with E-state index in [0.717, 1.165) is 19.0 Å². The molecule has 1 saturated carbocycles. The first-order chi connectivity index (χ1) is 8.76. The first kappa shape index (κ1) is 13.6. The van der Waals surface area contributed by atoms with Crippen LogP contribution in [0.25, 0.3) is 0 Å². The average Bonchev–Trinajstić information content (AvgIpc) is 3.06. The summed E-state index contributed by atoms with van der Waals surface area (Å²) < 4.78 is 0. The molecule has 1 unspecified atom stereocenters. The van der Waals surface area contributed by atoms with Gasteiger partial charge in [0.25, 0.3) is 0 Å². The van der Waals surface area contributed by atoms with Crippen LogP contribution in [0.3, 0.4) is 0 Å². The van der Waals surface area contributed by atoms with Gasteiger partial charge in [-0.1, -0.05) is 6.07 Å². The molecule has 3 nitrogen and oxygen atoms in total. The average molecular weight is 266 g/mol. The van der Waals surface area contributed by atoms with Gasteiger partial charge in [-0.3, -0.25) is 4.79 Å². The summed E-state index contributed by atoms with van der Waals surface area (Å²) >= 11 is 1.78. The molecule has 0 spiro atoms. The van der Waals surface area contributed by atoms with Crippen molar-refractivity contribution in [2.24, 2.45) is 5.92 Å². The van der Waals surface area contributed by atoms with Crippen LogP contribution in [0.15, 0.2) is 17.5 Å². The van der Waals surface area contributed by atoms with Crippen LogP contribution < -0.4 is 5.32 Å². The van der Waals surface area contributed by atoms with Gasteiger partial charge in [-0.05, 0) is 44.1 Å². The summed E-state index contributed by atoms with van der Waals surface area (Å²) in [5.41, 5.74) is 0. The van der Waals surface area contributed by atoms with Crippen LogP contribution in [-0.2, 0) is 4.79 Å². The summed E-state index contributed by atoms with van der Waals surface area (Å²) in [6, 6.07) is 4.63. The summed E-state index contributed by atoms with van der Waals surface area (Å²) in [4.78, 5) is 15.2. The lowest BCUT2D eigenvalue weighted by Gasteiger charge is -2.22. The number of rotatable bonds is 7. The normalized spacial score (nSPS) is 16.6. The number of amides is 1. The zero-order chi connectivity index (χ0) is 13.0. The Morgan fingerprint density at radius 3 is 2.72 bits per heavy atom. The third kappa shape index (κ3) is 3.33. The fourth-order valence-electron chi connectivity index (χ4n) is 2.28. The highest BCUT2D eigenvalue weighted by Crippen LogP contribution is 2.42. The summed E-state index contributed by atoms with van der Waals surface area (Å²) in [5.74, 6) is 0.940. The van der Waals surface area contributed by atoms with Crippen LogP contribution in [0.1, 0.15) is 37.6 Å². The van der Waals surface area contributed by atoms with Gasteiger partial charge in [0, 0.05) is 24.0 Å². The van der Waals surface area contributed by atoms with Gasteiger partial charge in [0.15, 0.2) is 0 Å². The zero-order valence-corrected chi connectivity index (χ0v) is 12.0. The van der Waals surface area contributed by atoms with Gasteiger partial charge in [-0.15, -0.1) is 11.3 Å². The molecule has 18 heavy (non-hydrogen) atoms. The molecular formula is C14H22N2OS. The Balaban J connectivity index is 1.89. The molecule has 2 rings (SSSR count). The maximum Gasteiger partial charge on any atom is 0.236 e. The smallest absolute Gasteiger partial charge is 0.236 e. The monoisotopic (exact) mass is 266 g/mol. The topological polar surface area (TPSA) is 32.3 Å². The Bertz CT molecular complexity index is 369. The van der Waals surface area contributed by atoms with Crippen molar-refractivity contribution in [1.82, 2.24) is 10.2 Å². The number of nitrogens with one attached hydrogen (secondary N) is 1. The predicted octanol–water partition coefficient (Wildman–Crippen LogP) is 2.66. The SMILES string of the molecule is CCN(CC)C(=O)CNC(c1cccs1)C1CC1. The van der Waals surface area contributed by atoms with E-state index in [0.29, 0.717) is 12.6 Å². The van der Waals surface area contributed by atoms with Crippen LogP contribution in [0.2, 0.25) is 0 Å². The Morgan fingerprint density at radius 2 is 2.22 bits per heavy atom. The molecule has 1 aliphatic rings. The highest BCUT2D eigenvalue weighted by Gasteiger charge is 2.33. The van der Waals surface area contributed by atoms with E-state index in [-0.39, 0.29) is 5.91 Å². The van der Waals surface area contributed by atoms with E-state index in [2.05, 4.69) is 22.8 Å². The standard InChI is InChI=1S/C14H22N2OS/c1-3-16(4-2)13(17)10-15-14(11-7-8-11)12-6-5-9-18-12/h5-6,9,11,14-15H,3-4,7-8,10H2,1-2H3. The lowest BCUT2D eigenvalue weighted by molar-refractivity contribution is -0.130. The van der Waals surface area contributed by atoms with Gasteiger partial charge in [0.1, 0.15) is 0 Å². The Morgan fingerprint density at radius 1 is 1.50 bits per heavy atom. The Kier molecular flexibility index (Phi) is 4.78. The molecule has 4 heteroatoms. The summed E-state index contributed by atoms with van der Waals surface area (Å²) in [7, 11) is 0. The second-order valence-corrected chi connectivity index (χ2v) is 5.76. The van der Waals surface area contributed by atoms with E-state index < -0.39 is 0 Å². The van der Waals surface area contributed by atoms with Gasteiger partial charge in [-0.2, -0.15) is 0 Å². The number of thiophene rings is 1. The minimum absolute atomic E-state index is 0.210. The summed E-state index contributed by atoms with van der Waals surface area (Å²) in [6.07, 6.45) is 2.57. The first-order valence-corrected chi connectivity index (χ1v) is 7.68. The molecule has 1 fully saturated rings. The maximum atomic E-state index is 12.0. The molecule has 1 atom stereocenters. The molecule has 0 radical (unpaired) electrons. The minimum Gasteiger partial charge on any atom is -0.342 e. The molecule has 0 saturated heterocycles. The van der Waals surface area contributed by atoms with Crippen molar-refractivity contribution in [2.45, 2.75) is 32.7 Å². The highest BCUT2D eigenvalue weighted by molar-refractivity contribution is 7.10. The number of hydrogen-bond acceptors (Lipinski definition) is 3. The van der Waals surface area contributed by atoms with Crippen molar-refractivity contribution in [3.05, 3.63) is 22.4 Å². The fourth-order valence-corrected chi connectivity index (χ4v) is 3.18. The molecule has 1 aliphatic carbocycles. The first-order valence-electron chi connectivity index (χ1n) is 6.80. The largest absolute Gasteiger partial charge is 0.342 e. The fraction of sp³-hybridized carbons (Fsp3) is 0.643. The molecule has 0 aliphatic heterocycles. The lowest BCUT2D eigenvalue weighted by atomic mass is 10.1. The van der Waals surface area contributed by atoms with Crippen molar-refractivity contribution in [3.63, 3.8) is 0 Å². The number of likely N-dealkylation sites (N-methyl/N-ethyl adjacent to an activating group) is 1. The van der Waals surface area contributed by atoms with Crippen molar-refractivity contribution in [2.75, 3.05) is 19.6 Å². The molecule has 100 valence electrons. The molecule has 1 amide bonds. The Hall–Kier alpha value is -0.870. The molecule has 0 aromatic carbocycles. The summed E-state index contributed by atoms with van der Waals surface area (Å²) in [5, 5.41) is 5.56. The third-order valence-corrected chi connectivity index (χ3v) is 4.49. The molecule has 1 N–H and O–H groups in total. The van der Waals surface area contributed by atoms with Crippen LogP contribution in [-0.4, -0.2) is 30.4 Å². The molecular weight excluding hydrogens is 244 g/mol. The summed E-state index contributed by atoms with van der Waals surface area (Å²) in [6.45, 7) is 6.10. The number of nitrogens with zero attached hydrogens (tertiary/aromatic N) is 1. The molecule has 1 heterocycles. The predicted molar refractivity (Wildman–Crippen MR) is 75.7 cm³/mol. The Labute approximate surface area is 113 Å². The van der Waals surface area contributed by atoms with Crippen LogP contribution >= 0.6 is 11.3 Å². The second-order valence-electron chi connectivity index (χ2n) is 4.78. The second kappa shape index (κ2) is 6.34. The van der Waals surface area contributed by atoms with E-state index in [9.17, 15) is 4.79 Å². The quantitative estimate of drug-likeness (QED) is 0.823. The van der Waals surface area contributed by atoms with E-state index in [1.54, 1.807) is 11.3 Å². The van der Waals surface area contributed by atoms with Gasteiger partial charge in [0.2, 0.25) is 5.91 Å². The molecule has 1 aromatic heterocycles. The number of hydrogen-bond donors (Lipinski definition) is 1. The van der Waals surface area contributed by atoms with Crippen molar-refractivity contribution >= 4 is 17.2 Å². The number of carbonyl (C=O) groups is 1. The highest BCUT2D eigenvalue weighted by atomic mass is 32.1. The third-order valence-electron chi connectivity index (χ3n) is 3.53. The van der Waals surface area contributed by atoms with E-state index in [4.69, 9.17) is 0 Å². The van der Waals surface area contributed by atoms with Crippen LogP contribution in [0, 0.1) is 5.92 Å². The van der Waals surface area contributed by atoms with Crippen molar-refractivity contribution in [1.29, 1.82) is 0 Å². The van der Waals surface area contributed by atoms with Crippen molar-refractivity contribution in [3.8, 4) is 0 Å². The van der Waals surface area contributed by atoms with Gasteiger partial charge in [0.05, 0.1) is 6.54 Å². The van der Waals surface area contributed by atoms with Crippen LogP contribution in [0.4, 0.5) is 0 Å². The maximum absolute atomic E-state index is 12.0. The lowest BCUT2D eigenvalue weighted by Crippen LogP contribution is -2.39.